The van der Waals surface area contributed by atoms with Crippen LogP contribution in [0, 0.1) is 25.7 Å². The van der Waals surface area contributed by atoms with Crippen LogP contribution in [0.25, 0.3) is 20.8 Å². The lowest BCUT2D eigenvalue weighted by Gasteiger charge is -2.31. The smallest absolute Gasteiger partial charge is 0.244 e. The standard InChI is InChI=1S/C24H30F2N6O3S/c1-12-17(22-30-18-13(2)27-8-4-16(18)36-22)21(32-24(34)7-3-15(19(24)33)20(25)26)31-23(29-12)28-11-14-5-9-35-10-6-14/h4,8,14-15,19-20,33-34H,3,5-7,9-11H2,1-2H3,(H2,28,29,31,32)/t15-,19+,24+/m0/s1. The van der Waals surface area contributed by atoms with E-state index in [-0.39, 0.29) is 18.7 Å². The number of rotatable bonds is 7. The number of aliphatic hydroxyl groups excluding tert-OH is 1. The number of hydrogen-bond acceptors (Lipinski definition) is 10. The first-order valence-electron chi connectivity index (χ1n) is 12.1. The number of pyridine rings is 1. The van der Waals surface area contributed by atoms with Crippen LogP contribution >= 0.6 is 11.3 Å². The van der Waals surface area contributed by atoms with Gasteiger partial charge in [0.05, 0.1) is 27.6 Å². The average Bonchev–Trinajstić information content (AvgIpc) is 3.40. The zero-order valence-corrected chi connectivity index (χ0v) is 21.0. The van der Waals surface area contributed by atoms with Crippen LogP contribution in [-0.2, 0) is 4.74 Å². The molecule has 1 saturated carbocycles. The Balaban J connectivity index is 1.52. The number of aryl methyl sites for hydroxylation is 2. The van der Waals surface area contributed by atoms with Crippen molar-refractivity contribution in [3.05, 3.63) is 23.7 Å². The third-order valence-corrected chi connectivity index (χ3v) is 8.13. The van der Waals surface area contributed by atoms with Crippen molar-refractivity contribution in [1.82, 2.24) is 19.9 Å². The van der Waals surface area contributed by atoms with Gasteiger partial charge in [-0.05, 0) is 51.5 Å². The van der Waals surface area contributed by atoms with E-state index in [4.69, 9.17) is 9.72 Å². The van der Waals surface area contributed by atoms with E-state index in [1.54, 1.807) is 6.20 Å². The third-order valence-electron chi connectivity index (χ3n) is 7.10. The Bertz CT molecular complexity index is 1240. The van der Waals surface area contributed by atoms with Crippen molar-refractivity contribution in [2.75, 3.05) is 30.4 Å². The summed E-state index contributed by atoms with van der Waals surface area (Å²) in [6.45, 7) is 5.80. The van der Waals surface area contributed by atoms with Gasteiger partial charge < -0.3 is 25.6 Å². The van der Waals surface area contributed by atoms with Crippen molar-refractivity contribution in [2.24, 2.45) is 11.8 Å². The van der Waals surface area contributed by atoms with Crippen molar-refractivity contribution < 1.29 is 23.7 Å². The zero-order valence-electron chi connectivity index (χ0n) is 20.2. The molecule has 0 bridgehead atoms. The van der Waals surface area contributed by atoms with Crippen LogP contribution in [0.4, 0.5) is 20.5 Å². The van der Waals surface area contributed by atoms with Gasteiger partial charge in [-0.2, -0.15) is 4.98 Å². The fourth-order valence-electron chi connectivity index (χ4n) is 4.93. The molecule has 9 nitrogen and oxygen atoms in total. The molecule has 3 atom stereocenters. The molecule has 2 aliphatic rings. The van der Waals surface area contributed by atoms with E-state index in [2.05, 4.69) is 25.6 Å². The quantitative estimate of drug-likeness (QED) is 0.345. The van der Waals surface area contributed by atoms with E-state index in [1.165, 1.54) is 11.3 Å². The second-order valence-corrected chi connectivity index (χ2v) is 10.6. The summed E-state index contributed by atoms with van der Waals surface area (Å²) < 4.78 is 33.2. The summed E-state index contributed by atoms with van der Waals surface area (Å²) in [5.41, 5.74) is 0.730. The summed E-state index contributed by atoms with van der Waals surface area (Å²) in [5, 5.41) is 28.6. The monoisotopic (exact) mass is 520 g/mol. The number of fused-ring (bicyclic) bond motifs is 1. The zero-order chi connectivity index (χ0) is 25.4. The van der Waals surface area contributed by atoms with E-state index in [0.717, 1.165) is 42.0 Å². The molecule has 1 aliphatic carbocycles. The number of alkyl halides is 2. The molecule has 1 aliphatic heterocycles. The Labute approximate surface area is 211 Å². The molecular formula is C24H30F2N6O3S. The molecule has 3 aromatic rings. The second-order valence-electron chi connectivity index (χ2n) is 9.59. The van der Waals surface area contributed by atoms with Crippen LogP contribution in [0.1, 0.15) is 37.1 Å². The topological polar surface area (TPSA) is 125 Å². The number of anilines is 2. The Kier molecular flexibility index (Phi) is 7.03. The Morgan fingerprint density at radius 2 is 1.94 bits per heavy atom. The van der Waals surface area contributed by atoms with Gasteiger partial charge in [-0.3, -0.25) is 4.98 Å². The fourth-order valence-corrected chi connectivity index (χ4v) is 6.04. The summed E-state index contributed by atoms with van der Waals surface area (Å²) >= 11 is 1.43. The normalized spacial score (nSPS) is 25.1. The predicted octanol–water partition coefficient (Wildman–Crippen LogP) is 3.74. The first-order valence-corrected chi connectivity index (χ1v) is 13.0. The minimum absolute atomic E-state index is 0.0113. The molecule has 0 unspecified atom stereocenters. The number of aromatic nitrogens is 4. The maximum atomic E-state index is 13.4. The fraction of sp³-hybridized carbons (Fsp3) is 0.583. The minimum atomic E-state index is -2.74. The highest BCUT2D eigenvalue weighted by Crippen LogP contribution is 2.42. The lowest BCUT2D eigenvalue weighted by Crippen LogP contribution is -2.48. The van der Waals surface area contributed by atoms with Gasteiger partial charge in [-0.1, -0.05) is 0 Å². The third kappa shape index (κ3) is 4.86. The number of thiazole rings is 1. The van der Waals surface area contributed by atoms with Crippen LogP contribution < -0.4 is 10.6 Å². The lowest BCUT2D eigenvalue weighted by molar-refractivity contribution is -0.0763. The molecule has 12 heteroatoms. The van der Waals surface area contributed by atoms with Crippen LogP contribution in [0.3, 0.4) is 0 Å². The first-order chi connectivity index (χ1) is 17.2. The molecule has 194 valence electrons. The SMILES string of the molecule is Cc1nc(NCC2CCOCC2)nc(N[C@@]2(O)CC[C@H](C(F)F)[C@H]2O)c1-c1nc2c(C)nccc2s1. The van der Waals surface area contributed by atoms with Crippen molar-refractivity contribution in [3.8, 4) is 10.6 Å². The van der Waals surface area contributed by atoms with Gasteiger partial charge in [-0.25, -0.2) is 18.7 Å². The molecule has 1 saturated heterocycles. The van der Waals surface area contributed by atoms with E-state index in [9.17, 15) is 19.0 Å². The summed E-state index contributed by atoms with van der Waals surface area (Å²) in [4.78, 5) is 18.3. The largest absolute Gasteiger partial charge is 0.388 e. The van der Waals surface area contributed by atoms with E-state index in [0.29, 0.717) is 34.7 Å². The van der Waals surface area contributed by atoms with Gasteiger partial charge >= 0.3 is 0 Å². The number of aliphatic hydroxyl groups is 2. The van der Waals surface area contributed by atoms with Crippen molar-refractivity contribution >= 4 is 33.3 Å². The maximum absolute atomic E-state index is 13.4. The van der Waals surface area contributed by atoms with Crippen LogP contribution in [0.5, 0.6) is 0 Å². The van der Waals surface area contributed by atoms with Gasteiger partial charge in [0, 0.05) is 26.0 Å². The highest BCUT2D eigenvalue weighted by molar-refractivity contribution is 7.21. The van der Waals surface area contributed by atoms with Gasteiger partial charge in [0.15, 0.2) is 5.72 Å². The van der Waals surface area contributed by atoms with Crippen LogP contribution in [-0.4, -0.2) is 68.2 Å². The molecule has 36 heavy (non-hydrogen) atoms. The summed E-state index contributed by atoms with van der Waals surface area (Å²) in [6, 6.07) is 1.87. The van der Waals surface area contributed by atoms with Crippen LogP contribution in [0.2, 0.25) is 0 Å². The molecular weight excluding hydrogens is 490 g/mol. The highest BCUT2D eigenvalue weighted by Gasteiger charge is 2.50. The molecule has 0 radical (unpaired) electrons. The van der Waals surface area contributed by atoms with Gasteiger partial charge in [0.25, 0.3) is 0 Å². The van der Waals surface area contributed by atoms with Gasteiger partial charge in [-0.15, -0.1) is 11.3 Å². The number of halogens is 2. The van der Waals surface area contributed by atoms with Crippen LogP contribution in [0.15, 0.2) is 12.3 Å². The molecule has 0 aromatic carbocycles. The van der Waals surface area contributed by atoms with E-state index >= 15 is 0 Å². The Hall–Kier alpha value is -2.54. The number of nitrogens with one attached hydrogen (secondary N) is 2. The minimum Gasteiger partial charge on any atom is -0.388 e. The van der Waals surface area contributed by atoms with Gasteiger partial charge in [0.1, 0.15) is 22.4 Å². The average molecular weight is 521 g/mol. The number of ether oxygens (including phenoxy) is 1. The maximum Gasteiger partial charge on any atom is 0.244 e. The Morgan fingerprint density at radius 1 is 1.17 bits per heavy atom. The van der Waals surface area contributed by atoms with Gasteiger partial charge in [0.2, 0.25) is 12.4 Å². The Morgan fingerprint density at radius 3 is 2.64 bits per heavy atom. The first kappa shape index (κ1) is 25.1. The molecule has 3 aromatic heterocycles. The highest BCUT2D eigenvalue weighted by atomic mass is 32.1. The molecule has 0 amide bonds. The molecule has 4 heterocycles. The van der Waals surface area contributed by atoms with E-state index < -0.39 is 24.2 Å². The second kappa shape index (κ2) is 10.1. The summed E-state index contributed by atoms with van der Waals surface area (Å²) in [5.74, 6) is -0.314. The van der Waals surface area contributed by atoms with Crippen molar-refractivity contribution in [3.63, 3.8) is 0 Å². The molecule has 0 spiro atoms. The number of hydrogen-bond donors (Lipinski definition) is 4. The molecule has 5 rings (SSSR count). The summed E-state index contributed by atoms with van der Waals surface area (Å²) in [7, 11) is 0. The summed E-state index contributed by atoms with van der Waals surface area (Å²) in [6.07, 6.45) is -0.847. The lowest BCUT2D eigenvalue weighted by atomic mass is 10.0. The van der Waals surface area contributed by atoms with E-state index in [1.807, 2.05) is 19.9 Å². The predicted molar refractivity (Wildman–Crippen MR) is 133 cm³/mol. The molecule has 4 N–H and O–H groups in total. The van der Waals surface area contributed by atoms with Crippen molar-refractivity contribution in [2.45, 2.75) is 57.8 Å². The van der Waals surface area contributed by atoms with Crippen molar-refractivity contribution in [1.29, 1.82) is 0 Å². The molecule has 2 fully saturated rings. The number of nitrogens with zero attached hydrogens (tertiary/aromatic N) is 4.